The van der Waals surface area contributed by atoms with Gasteiger partial charge in [0.05, 0.1) is 16.8 Å². The molecule has 31 heavy (non-hydrogen) atoms. The van der Waals surface area contributed by atoms with Crippen LogP contribution in [0, 0.1) is 0 Å². The molecule has 0 spiro atoms. The van der Waals surface area contributed by atoms with Gasteiger partial charge in [0, 0.05) is 30.7 Å². The summed E-state index contributed by atoms with van der Waals surface area (Å²) in [6.07, 6.45) is 2.52. The van der Waals surface area contributed by atoms with Gasteiger partial charge in [-0.3, -0.25) is 9.80 Å². The second-order valence-corrected chi connectivity index (χ2v) is 9.81. The van der Waals surface area contributed by atoms with E-state index in [-0.39, 0.29) is 6.10 Å². The van der Waals surface area contributed by atoms with Gasteiger partial charge < -0.3 is 9.47 Å². The Hall–Kier alpha value is -1.70. The number of hydrogen-bond acceptors (Lipinski definition) is 6. The Morgan fingerprint density at radius 3 is 2.68 bits per heavy atom. The van der Waals surface area contributed by atoms with Crippen LogP contribution in [0.2, 0.25) is 5.02 Å². The number of para-hydroxylation sites is 1. The molecule has 3 aromatic rings. The zero-order chi connectivity index (χ0) is 21.0. The second-order valence-electron chi connectivity index (χ2n) is 8.38. The molecule has 164 valence electrons. The van der Waals surface area contributed by atoms with Gasteiger partial charge in [-0.1, -0.05) is 47.2 Å². The van der Waals surface area contributed by atoms with Gasteiger partial charge in [-0.05, 0) is 55.8 Å². The van der Waals surface area contributed by atoms with Crippen LogP contribution < -0.4 is 4.74 Å². The highest BCUT2D eigenvalue weighted by Gasteiger charge is 2.29. The number of ether oxygens (including phenoxy) is 2. The Morgan fingerprint density at radius 2 is 1.87 bits per heavy atom. The first-order chi connectivity index (χ1) is 15.2. The van der Waals surface area contributed by atoms with E-state index in [0.717, 1.165) is 59.8 Å². The molecule has 1 atom stereocenters. The second kappa shape index (κ2) is 9.84. The lowest BCUT2D eigenvalue weighted by Gasteiger charge is -2.42. The van der Waals surface area contributed by atoms with E-state index in [1.165, 1.54) is 18.4 Å². The number of morpholine rings is 1. The predicted molar refractivity (Wildman–Crippen MR) is 126 cm³/mol. The smallest absolute Gasteiger partial charge is 0.274 e. The van der Waals surface area contributed by atoms with Crippen molar-refractivity contribution >= 4 is 33.2 Å². The monoisotopic (exact) mass is 457 g/mol. The zero-order valence-corrected chi connectivity index (χ0v) is 19.2. The molecule has 2 aromatic carbocycles. The molecule has 0 radical (unpaired) electrons. The van der Waals surface area contributed by atoms with Gasteiger partial charge in [0.25, 0.3) is 5.19 Å². The fourth-order valence-electron chi connectivity index (χ4n) is 4.54. The third kappa shape index (κ3) is 5.38. The molecule has 0 aliphatic carbocycles. The number of benzene rings is 2. The van der Waals surface area contributed by atoms with E-state index in [0.29, 0.717) is 12.6 Å². The Kier molecular flexibility index (Phi) is 6.72. The van der Waals surface area contributed by atoms with Crippen molar-refractivity contribution in [2.45, 2.75) is 31.5 Å². The fourth-order valence-corrected chi connectivity index (χ4v) is 5.49. The summed E-state index contributed by atoms with van der Waals surface area (Å²) in [6, 6.07) is 17.0. The van der Waals surface area contributed by atoms with Crippen LogP contribution in [0.15, 0.2) is 48.5 Å². The van der Waals surface area contributed by atoms with Gasteiger partial charge in [0.15, 0.2) is 0 Å². The van der Waals surface area contributed by atoms with Crippen molar-refractivity contribution in [1.82, 2.24) is 14.8 Å². The number of nitrogens with zero attached hydrogens (tertiary/aromatic N) is 3. The van der Waals surface area contributed by atoms with Crippen molar-refractivity contribution in [3.63, 3.8) is 0 Å². The lowest BCUT2D eigenvalue weighted by molar-refractivity contribution is -0.0674. The molecule has 0 amide bonds. The average molecular weight is 458 g/mol. The normalized spacial score (nSPS) is 21.5. The number of aromatic nitrogens is 1. The van der Waals surface area contributed by atoms with E-state index < -0.39 is 0 Å². The minimum atomic E-state index is 0.104. The minimum Gasteiger partial charge on any atom is -0.467 e. The number of fused-ring (bicyclic) bond motifs is 1. The number of hydrogen-bond donors (Lipinski definition) is 0. The molecule has 2 fully saturated rings. The fraction of sp³-hybridized carbons (Fsp3) is 0.458. The third-order valence-corrected chi connectivity index (χ3v) is 7.43. The molecule has 1 unspecified atom stereocenters. The Bertz CT molecular complexity index is 955. The largest absolute Gasteiger partial charge is 0.467 e. The van der Waals surface area contributed by atoms with Crippen LogP contribution in [0.3, 0.4) is 0 Å². The van der Waals surface area contributed by atoms with E-state index in [4.69, 9.17) is 21.1 Å². The third-order valence-electron chi connectivity index (χ3n) is 6.23. The maximum atomic E-state index is 6.01. The molecular weight excluding hydrogens is 430 g/mol. The Morgan fingerprint density at radius 1 is 1.06 bits per heavy atom. The Labute approximate surface area is 192 Å². The number of likely N-dealkylation sites (tertiary alicyclic amines) is 1. The standard InChI is InChI=1S/C24H28ClN3O2S/c25-19-7-5-18(6-8-19)15-27-11-9-20(10-12-27)28-13-14-29-21(16-28)17-30-24-26-22-3-1-2-4-23(22)31-24/h1-8,20-21H,9-17H2. The molecule has 7 heteroatoms. The van der Waals surface area contributed by atoms with E-state index in [9.17, 15) is 0 Å². The van der Waals surface area contributed by atoms with Crippen molar-refractivity contribution in [3.8, 4) is 5.19 Å². The number of halogens is 1. The first-order valence-corrected chi connectivity index (χ1v) is 12.2. The first kappa shape index (κ1) is 21.2. The lowest BCUT2D eigenvalue weighted by atomic mass is 10.0. The van der Waals surface area contributed by atoms with Crippen LogP contribution in [0.1, 0.15) is 18.4 Å². The highest BCUT2D eigenvalue weighted by atomic mass is 35.5. The van der Waals surface area contributed by atoms with Gasteiger partial charge in [0.1, 0.15) is 12.7 Å². The molecule has 0 bridgehead atoms. The van der Waals surface area contributed by atoms with Crippen LogP contribution >= 0.6 is 22.9 Å². The topological polar surface area (TPSA) is 37.8 Å². The summed E-state index contributed by atoms with van der Waals surface area (Å²) in [5.41, 5.74) is 2.33. The van der Waals surface area contributed by atoms with Gasteiger partial charge in [0.2, 0.25) is 0 Å². The van der Waals surface area contributed by atoms with Gasteiger partial charge >= 0.3 is 0 Å². The molecular formula is C24H28ClN3O2S. The van der Waals surface area contributed by atoms with Crippen LogP contribution in [0.4, 0.5) is 0 Å². The lowest BCUT2D eigenvalue weighted by Crippen LogP contribution is -2.52. The van der Waals surface area contributed by atoms with Gasteiger partial charge in [-0.15, -0.1) is 0 Å². The summed E-state index contributed by atoms with van der Waals surface area (Å²) in [6.45, 7) is 6.57. The molecule has 2 aliphatic rings. The Balaban J connectivity index is 1.09. The molecule has 2 aliphatic heterocycles. The summed E-state index contributed by atoms with van der Waals surface area (Å²) >= 11 is 7.61. The molecule has 3 heterocycles. The van der Waals surface area contributed by atoms with Gasteiger partial charge in [-0.2, -0.15) is 0 Å². The van der Waals surface area contributed by atoms with E-state index >= 15 is 0 Å². The summed E-state index contributed by atoms with van der Waals surface area (Å²) < 4.78 is 13.2. The summed E-state index contributed by atoms with van der Waals surface area (Å²) in [7, 11) is 0. The van der Waals surface area contributed by atoms with Gasteiger partial charge in [-0.25, -0.2) is 4.98 Å². The van der Waals surface area contributed by atoms with Crippen molar-refractivity contribution in [2.75, 3.05) is 39.4 Å². The molecule has 0 N–H and O–H groups in total. The molecule has 2 saturated heterocycles. The predicted octanol–water partition coefficient (Wildman–Crippen LogP) is 4.69. The molecule has 5 nitrogen and oxygen atoms in total. The van der Waals surface area contributed by atoms with E-state index in [2.05, 4.69) is 33.0 Å². The van der Waals surface area contributed by atoms with Crippen LogP contribution in [0.5, 0.6) is 5.19 Å². The number of rotatable bonds is 6. The number of piperidine rings is 1. The summed E-state index contributed by atoms with van der Waals surface area (Å²) in [5, 5.41) is 1.54. The highest BCUT2D eigenvalue weighted by Crippen LogP contribution is 2.28. The molecule has 0 saturated carbocycles. The van der Waals surface area contributed by atoms with Crippen molar-refractivity contribution < 1.29 is 9.47 Å². The van der Waals surface area contributed by atoms with Crippen molar-refractivity contribution in [1.29, 1.82) is 0 Å². The minimum absolute atomic E-state index is 0.104. The maximum Gasteiger partial charge on any atom is 0.274 e. The molecule has 5 rings (SSSR count). The van der Waals surface area contributed by atoms with Crippen LogP contribution in [-0.4, -0.2) is 66.3 Å². The quantitative estimate of drug-likeness (QED) is 0.536. The highest BCUT2D eigenvalue weighted by molar-refractivity contribution is 7.20. The van der Waals surface area contributed by atoms with Crippen LogP contribution in [0.25, 0.3) is 10.2 Å². The molecule has 1 aromatic heterocycles. The van der Waals surface area contributed by atoms with Crippen LogP contribution in [-0.2, 0) is 11.3 Å². The zero-order valence-electron chi connectivity index (χ0n) is 17.6. The van der Waals surface area contributed by atoms with Crippen molar-refractivity contribution in [3.05, 3.63) is 59.1 Å². The SMILES string of the molecule is Clc1ccc(CN2CCC(N3CCOC(COc4nc5ccccc5s4)C3)CC2)cc1. The maximum absolute atomic E-state index is 6.01. The summed E-state index contributed by atoms with van der Waals surface area (Å²) in [5.74, 6) is 0. The van der Waals surface area contributed by atoms with E-state index in [1.807, 2.05) is 30.3 Å². The summed E-state index contributed by atoms with van der Waals surface area (Å²) in [4.78, 5) is 9.72. The van der Waals surface area contributed by atoms with E-state index in [1.54, 1.807) is 11.3 Å². The average Bonchev–Trinajstić information content (AvgIpc) is 3.23. The number of thiazole rings is 1. The first-order valence-electron chi connectivity index (χ1n) is 11.0. The van der Waals surface area contributed by atoms with Crippen molar-refractivity contribution in [2.24, 2.45) is 0 Å².